The van der Waals surface area contributed by atoms with E-state index in [1.54, 1.807) is 37.4 Å². The molecule has 1 heterocycles. The fourth-order valence-electron chi connectivity index (χ4n) is 1.82. The Morgan fingerprint density at radius 1 is 1.24 bits per heavy atom. The number of sulfonamides is 1. The quantitative estimate of drug-likeness (QED) is 0.723. The van der Waals surface area contributed by atoms with Crippen molar-refractivity contribution in [1.29, 1.82) is 0 Å². The molecular formula is C13H13Br2N3O2S. The Morgan fingerprint density at radius 2 is 1.86 bits per heavy atom. The molecule has 1 aromatic carbocycles. The van der Waals surface area contributed by atoms with Crippen molar-refractivity contribution in [3.05, 3.63) is 51.2 Å². The molecule has 0 aliphatic carbocycles. The third-order valence-corrected chi connectivity index (χ3v) is 6.17. The number of halogens is 2. The number of nitrogen functional groups attached to an aromatic ring is 1. The molecule has 0 amide bonds. The average molecular weight is 435 g/mol. The lowest BCUT2D eigenvalue weighted by Crippen LogP contribution is -2.28. The van der Waals surface area contributed by atoms with Crippen LogP contribution >= 0.6 is 31.9 Å². The molecule has 0 aliphatic heterocycles. The molecule has 0 fully saturated rings. The molecule has 0 aliphatic rings. The number of hydrogen-bond acceptors (Lipinski definition) is 4. The Bertz CT molecular complexity index is 728. The van der Waals surface area contributed by atoms with Crippen LogP contribution in [0.3, 0.4) is 0 Å². The second-order valence-corrected chi connectivity index (χ2v) is 7.77. The van der Waals surface area contributed by atoms with Crippen LogP contribution in [0.25, 0.3) is 0 Å². The van der Waals surface area contributed by atoms with Crippen LogP contribution in [0.1, 0.15) is 18.7 Å². The highest BCUT2D eigenvalue weighted by Gasteiger charge is 2.24. The number of benzene rings is 1. The van der Waals surface area contributed by atoms with E-state index >= 15 is 0 Å². The Morgan fingerprint density at radius 3 is 2.38 bits per heavy atom. The van der Waals surface area contributed by atoms with Gasteiger partial charge in [-0.05, 0) is 63.0 Å². The summed E-state index contributed by atoms with van der Waals surface area (Å²) >= 11 is 6.47. The molecule has 0 saturated carbocycles. The molecule has 0 radical (unpaired) electrons. The summed E-state index contributed by atoms with van der Waals surface area (Å²) in [4.78, 5) is 4.26. The zero-order valence-electron chi connectivity index (χ0n) is 11.0. The van der Waals surface area contributed by atoms with Crippen LogP contribution in [0, 0.1) is 0 Å². The van der Waals surface area contributed by atoms with Crippen molar-refractivity contribution >= 4 is 47.6 Å². The van der Waals surface area contributed by atoms with Crippen molar-refractivity contribution in [2.24, 2.45) is 0 Å². The largest absolute Gasteiger partial charge is 0.399 e. The molecule has 2 aromatic rings. The van der Waals surface area contributed by atoms with Gasteiger partial charge in [-0.25, -0.2) is 13.1 Å². The van der Waals surface area contributed by atoms with Crippen LogP contribution in [0.5, 0.6) is 0 Å². The molecular weight excluding hydrogens is 422 g/mol. The van der Waals surface area contributed by atoms with Gasteiger partial charge in [0.2, 0.25) is 10.0 Å². The van der Waals surface area contributed by atoms with Crippen molar-refractivity contribution in [2.75, 3.05) is 5.73 Å². The molecule has 0 spiro atoms. The van der Waals surface area contributed by atoms with E-state index in [1.807, 2.05) is 6.07 Å². The smallest absolute Gasteiger partial charge is 0.243 e. The minimum atomic E-state index is -3.73. The average Bonchev–Trinajstić information content (AvgIpc) is 2.37. The monoisotopic (exact) mass is 433 g/mol. The van der Waals surface area contributed by atoms with Gasteiger partial charge in [0, 0.05) is 20.8 Å². The maximum Gasteiger partial charge on any atom is 0.243 e. The summed E-state index contributed by atoms with van der Waals surface area (Å²) in [6.07, 6.45) is 1.62. The molecule has 0 bridgehead atoms. The van der Waals surface area contributed by atoms with Crippen LogP contribution in [0.2, 0.25) is 0 Å². The Hall–Kier alpha value is -0.960. The molecule has 1 unspecified atom stereocenters. The van der Waals surface area contributed by atoms with E-state index < -0.39 is 16.1 Å². The first-order chi connectivity index (χ1) is 9.81. The van der Waals surface area contributed by atoms with E-state index in [-0.39, 0.29) is 4.90 Å². The normalized spacial score (nSPS) is 13.1. The first-order valence-corrected chi connectivity index (χ1v) is 9.06. The molecule has 21 heavy (non-hydrogen) atoms. The summed E-state index contributed by atoms with van der Waals surface area (Å²) < 4.78 is 28.5. The summed E-state index contributed by atoms with van der Waals surface area (Å²) in [5, 5.41) is 0. The third kappa shape index (κ3) is 3.82. The number of pyridine rings is 1. The predicted molar refractivity (Wildman–Crippen MR) is 89.2 cm³/mol. The Kier molecular flexibility index (Phi) is 5.03. The van der Waals surface area contributed by atoms with Gasteiger partial charge in [-0.1, -0.05) is 6.07 Å². The van der Waals surface area contributed by atoms with Gasteiger partial charge < -0.3 is 5.73 Å². The Labute approximate surface area is 140 Å². The van der Waals surface area contributed by atoms with Gasteiger partial charge in [-0.15, -0.1) is 0 Å². The number of aromatic nitrogens is 1. The van der Waals surface area contributed by atoms with Crippen LogP contribution in [0.4, 0.5) is 5.69 Å². The maximum absolute atomic E-state index is 12.5. The number of hydrogen-bond donors (Lipinski definition) is 2. The van der Waals surface area contributed by atoms with Crippen LogP contribution in [-0.2, 0) is 10.0 Å². The second kappa shape index (κ2) is 6.43. The van der Waals surface area contributed by atoms with Gasteiger partial charge in [0.15, 0.2) is 0 Å². The first kappa shape index (κ1) is 16.4. The molecule has 2 rings (SSSR count). The van der Waals surface area contributed by atoms with Gasteiger partial charge in [-0.3, -0.25) is 4.98 Å². The lowest BCUT2D eigenvalue weighted by atomic mass is 10.2. The van der Waals surface area contributed by atoms with Gasteiger partial charge in [-0.2, -0.15) is 0 Å². The van der Waals surface area contributed by atoms with Crippen molar-refractivity contribution in [2.45, 2.75) is 17.9 Å². The maximum atomic E-state index is 12.5. The van der Waals surface area contributed by atoms with Crippen LogP contribution in [-0.4, -0.2) is 13.4 Å². The lowest BCUT2D eigenvalue weighted by Gasteiger charge is -2.16. The summed E-state index contributed by atoms with van der Waals surface area (Å²) in [7, 11) is -3.73. The number of anilines is 1. The van der Waals surface area contributed by atoms with Gasteiger partial charge in [0.1, 0.15) is 4.90 Å². The topological polar surface area (TPSA) is 85.1 Å². The van der Waals surface area contributed by atoms with E-state index in [4.69, 9.17) is 5.73 Å². The summed E-state index contributed by atoms with van der Waals surface area (Å²) in [6, 6.07) is 7.99. The van der Waals surface area contributed by atoms with E-state index in [0.717, 1.165) is 0 Å². The van der Waals surface area contributed by atoms with Crippen molar-refractivity contribution in [1.82, 2.24) is 9.71 Å². The standard InChI is InChI=1S/C13H13Br2N3O2S/c1-8(12-4-2-3-5-17-12)18-21(19,20)13-10(14)6-9(16)7-11(13)15/h2-8,18H,16H2,1H3. The minimum Gasteiger partial charge on any atom is -0.399 e. The van der Waals surface area contributed by atoms with Crippen molar-refractivity contribution < 1.29 is 8.42 Å². The van der Waals surface area contributed by atoms with Crippen molar-refractivity contribution in [3.63, 3.8) is 0 Å². The van der Waals surface area contributed by atoms with Gasteiger partial charge >= 0.3 is 0 Å². The molecule has 0 saturated heterocycles. The molecule has 5 nitrogen and oxygen atoms in total. The molecule has 112 valence electrons. The SMILES string of the molecule is CC(NS(=O)(=O)c1c(Br)cc(N)cc1Br)c1ccccn1. The van der Waals surface area contributed by atoms with Crippen LogP contribution in [0.15, 0.2) is 50.4 Å². The lowest BCUT2D eigenvalue weighted by molar-refractivity contribution is 0.563. The fourth-order valence-corrected chi connectivity index (χ4v) is 5.66. The number of nitrogens with two attached hydrogens (primary N) is 1. The van der Waals surface area contributed by atoms with Crippen LogP contribution < -0.4 is 10.5 Å². The van der Waals surface area contributed by atoms with E-state index in [0.29, 0.717) is 20.3 Å². The molecule has 3 N–H and O–H groups in total. The zero-order chi connectivity index (χ0) is 15.6. The number of rotatable bonds is 4. The summed E-state index contributed by atoms with van der Waals surface area (Å²) in [5.74, 6) is 0. The number of nitrogens with zero attached hydrogens (tertiary/aromatic N) is 1. The Balaban J connectivity index is 2.36. The highest BCUT2D eigenvalue weighted by Crippen LogP contribution is 2.33. The third-order valence-electron chi connectivity index (χ3n) is 2.75. The van der Waals surface area contributed by atoms with E-state index in [1.165, 1.54) is 0 Å². The highest BCUT2D eigenvalue weighted by atomic mass is 79.9. The summed E-state index contributed by atoms with van der Waals surface area (Å²) in [5.41, 5.74) is 6.78. The number of nitrogens with one attached hydrogen (secondary N) is 1. The second-order valence-electron chi connectivity index (χ2n) is 4.41. The highest BCUT2D eigenvalue weighted by molar-refractivity contribution is 9.11. The molecule has 1 aromatic heterocycles. The first-order valence-electron chi connectivity index (χ1n) is 5.99. The van der Waals surface area contributed by atoms with E-state index in [2.05, 4.69) is 41.6 Å². The minimum absolute atomic E-state index is 0.111. The zero-order valence-corrected chi connectivity index (χ0v) is 15.0. The molecule has 1 atom stereocenters. The fraction of sp³-hybridized carbons (Fsp3) is 0.154. The van der Waals surface area contributed by atoms with Gasteiger partial charge in [0.25, 0.3) is 0 Å². The van der Waals surface area contributed by atoms with E-state index in [9.17, 15) is 8.42 Å². The predicted octanol–water partition coefficient (Wildman–Crippen LogP) is 3.23. The molecule has 8 heteroatoms. The van der Waals surface area contributed by atoms with Gasteiger partial charge in [0.05, 0.1) is 11.7 Å². The summed E-state index contributed by atoms with van der Waals surface area (Å²) in [6.45, 7) is 1.74. The van der Waals surface area contributed by atoms with Crippen molar-refractivity contribution in [3.8, 4) is 0 Å².